The third-order valence-corrected chi connectivity index (χ3v) is 5.30. The quantitative estimate of drug-likeness (QED) is 0.760. The molecule has 9 heteroatoms. The summed E-state index contributed by atoms with van der Waals surface area (Å²) in [6.07, 6.45) is -5.18. The normalized spacial score (nSPS) is 21.0. The summed E-state index contributed by atoms with van der Waals surface area (Å²) in [6, 6.07) is 1.63. The van der Waals surface area contributed by atoms with E-state index in [0.29, 0.717) is 11.3 Å². The second-order valence-electron chi connectivity index (χ2n) is 5.74. The zero-order valence-corrected chi connectivity index (χ0v) is 13.0. The fraction of sp³-hybridized carbons (Fsp3) is 0.333. The number of rotatable bonds is 1. The third kappa shape index (κ3) is 2.38. The Balaban J connectivity index is 2.07. The van der Waals surface area contributed by atoms with Crippen LogP contribution in [-0.4, -0.2) is 22.1 Å². The molecule has 2 aromatic rings. The number of phenolic OH excluding ortho intramolecular Hbond substituents is 1. The van der Waals surface area contributed by atoms with Gasteiger partial charge in [0.1, 0.15) is 10.4 Å². The van der Waals surface area contributed by atoms with Crippen molar-refractivity contribution in [1.82, 2.24) is 4.98 Å². The molecule has 3 rings (SSSR count). The first kappa shape index (κ1) is 16.8. The van der Waals surface area contributed by atoms with Crippen LogP contribution in [0.5, 0.6) is 5.75 Å². The third-order valence-electron chi connectivity index (χ3n) is 4.16. The molecule has 1 N–H and O–H groups in total. The number of aromatic hydroxyl groups is 1. The number of carbonyl (C=O) groups excluding carboxylic acids is 1. The topological polar surface area (TPSA) is 50.2 Å². The lowest BCUT2D eigenvalue weighted by atomic mass is 9.75. The van der Waals surface area contributed by atoms with E-state index in [2.05, 4.69) is 4.98 Å². The summed E-state index contributed by atoms with van der Waals surface area (Å²) < 4.78 is 66.4. The first-order valence-electron chi connectivity index (χ1n) is 6.84. The Morgan fingerprint density at radius 2 is 1.83 bits per heavy atom. The maximum absolute atomic E-state index is 13.4. The molecule has 3 nitrogen and oxygen atoms in total. The molecular weight excluding hydrogens is 353 g/mol. The number of carbonyl (C=O) groups is 1. The van der Waals surface area contributed by atoms with Crippen molar-refractivity contribution in [2.45, 2.75) is 25.9 Å². The van der Waals surface area contributed by atoms with Gasteiger partial charge < -0.3 is 5.11 Å². The number of fused-ring (bicyclic) bond motifs is 1. The van der Waals surface area contributed by atoms with Crippen LogP contribution in [0.25, 0.3) is 10.6 Å². The number of hydrogen-bond acceptors (Lipinski definition) is 4. The molecule has 0 spiro atoms. The Kier molecular flexibility index (Phi) is 3.67. The van der Waals surface area contributed by atoms with Gasteiger partial charge in [-0.3, -0.25) is 4.79 Å². The molecule has 1 aromatic carbocycles. The van der Waals surface area contributed by atoms with Gasteiger partial charge in [-0.25, -0.2) is 13.8 Å². The summed E-state index contributed by atoms with van der Waals surface area (Å²) >= 11 is 0.663. The fourth-order valence-electron chi connectivity index (χ4n) is 2.51. The number of hydrogen-bond donors (Lipinski definition) is 1. The highest BCUT2D eigenvalue weighted by atomic mass is 32.1. The van der Waals surface area contributed by atoms with Crippen molar-refractivity contribution in [2.24, 2.45) is 5.41 Å². The van der Waals surface area contributed by atoms with Crippen LogP contribution in [-0.2, 0) is 6.42 Å². The summed E-state index contributed by atoms with van der Waals surface area (Å²) in [5.74, 6) is -4.67. The lowest BCUT2D eigenvalue weighted by Gasteiger charge is -2.32. The van der Waals surface area contributed by atoms with Crippen molar-refractivity contribution < 1.29 is 31.9 Å². The molecule has 0 radical (unpaired) electrons. The van der Waals surface area contributed by atoms with Crippen LogP contribution in [0.15, 0.2) is 12.1 Å². The molecule has 1 aliphatic carbocycles. The molecule has 1 heterocycles. The molecule has 1 atom stereocenters. The summed E-state index contributed by atoms with van der Waals surface area (Å²) in [5, 5.41) is 9.12. The minimum atomic E-state index is -4.69. The number of alkyl halides is 3. The SMILES string of the molecule is CC1(C(F)(F)F)CCc2nc(-c3cc(F)c(O)c(F)c3)sc2C1=O. The Morgan fingerprint density at radius 3 is 2.38 bits per heavy atom. The van der Waals surface area contributed by atoms with Crippen molar-refractivity contribution in [1.29, 1.82) is 0 Å². The van der Waals surface area contributed by atoms with E-state index >= 15 is 0 Å². The minimum Gasteiger partial charge on any atom is -0.503 e. The number of halogens is 5. The zero-order valence-electron chi connectivity index (χ0n) is 12.2. The van der Waals surface area contributed by atoms with E-state index in [4.69, 9.17) is 5.11 Å². The van der Waals surface area contributed by atoms with Gasteiger partial charge in [0.25, 0.3) is 0 Å². The lowest BCUT2D eigenvalue weighted by molar-refractivity contribution is -0.200. The predicted octanol–water partition coefficient (Wildman–Crippen LogP) is 4.49. The first-order chi connectivity index (χ1) is 11.0. The van der Waals surface area contributed by atoms with Gasteiger partial charge in [-0.05, 0) is 31.9 Å². The van der Waals surface area contributed by atoms with Crippen molar-refractivity contribution >= 4 is 17.1 Å². The van der Waals surface area contributed by atoms with Crippen molar-refractivity contribution in [3.63, 3.8) is 0 Å². The molecule has 0 amide bonds. The van der Waals surface area contributed by atoms with Gasteiger partial charge in [0.2, 0.25) is 0 Å². The molecule has 0 saturated carbocycles. The molecule has 1 unspecified atom stereocenters. The highest BCUT2D eigenvalue weighted by Crippen LogP contribution is 2.49. The number of phenols is 1. The average Bonchev–Trinajstić information content (AvgIpc) is 2.92. The van der Waals surface area contributed by atoms with Crippen LogP contribution < -0.4 is 0 Å². The van der Waals surface area contributed by atoms with E-state index < -0.39 is 41.2 Å². The molecule has 0 bridgehead atoms. The highest BCUT2D eigenvalue weighted by molar-refractivity contribution is 7.17. The molecule has 0 saturated heterocycles. The Bertz CT molecular complexity index is 822. The minimum absolute atomic E-state index is 0.0255. The van der Waals surface area contributed by atoms with Gasteiger partial charge in [0.15, 0.2) is 23.2 Å². The molecule has 0 aliphatic heterocycles. The summed E-state index contributed by atoms with van der Waals surface area (Å²) in [7, 11) is 0. The largest absolute Gasteiger partial charge is 0.503 e. The molecular formula is C15H10F5NO2S. The molecule has 1 aliphatic rings. The van der Waals surface area contributed by atoms with Crippen molar-refractivity contribution in [3.8, 4) is 16.3 Å². The monoisotopic (exact) mass is 363 g/mol. The maximum atomic E-state index is 13.4. The van der Waals surface area contributed by atoms with E-state index in [9.17, 15) is 26.7 Å². The Hall–Kier alpha value is -2.03. The number of aromatic nitrogens is 1. The second-order valence-corrected chi connectivity index (χ2v) is 6.74. The van der Waals surface area contributed by atoms with Crippen LogP contribution in [0.1, 0.15) is 28.7 Å². The molecule has 128 valence electrons. The van der Waals surface area contributed by atoms with Crippen molar-refractivity contribution in [3.05, 3.63) is 34.3 Å². The number of ketones is 1. The lowest BCUT2D eigenvalue weighted by Crippen LogP contribution is -2.45. The van der Waals surface area contributed by atoms with Gasteiger partial charge in [0.05, 0.1) is 10.6 Å². The number of thiazole rings is 1. The van der Waals surface area contributed by atoms with Crippen LogP contribution >= 0.6 is 11.3 Å². The predicted molar refractivity (Wildman–Crippen MR) is 75.9 cm³/mol. The van der Waals surface area contributed by atoms with E-state index in [-0.39, 0.29) is 27.6 Å². The summed E-state index contributed by atoms with van der Waals surface area (Å²) in [4.78, 5) is 16.2. The number of aryl methyl sites for hydroxylation is 1. The molecule has 0 fully saturated rings. The van der Waals surface area contributed by atoms with Crippen LogP contribution in [0.4, 0.5) is 22.0 Å². The first-order valence-corrected chi connectivity index (χ1v) is 7.66. The van der Waals surface area contributed by atoms with E-state index in [1.165, 1.54) is 0 Å². The Morgan fingerprint density at radius 1 is 1.25 bits per heavy atom. The van der Waals surface area contributed by atoms with E-state index in [0.717, 1.165) is 19.1 Å². The fourth-order valence-corrected chi connectivity index (χ4v) is 3.68. The summed E-state index contributed by atoms with van der Waals surface area (Å²) in [5.41, 5.74) is -2.35. The Labute approximate surface area is 136 Å². The molecule has 24 heavy (non-hydrogen) atoms. The van der Waals surface area contributed by atoms with Gasteiger partial charge in [-0.2, -0.15) is 13.2 Å². The van der Waals surface area contributed by atoms with E-state index in [1.807, 2.05) is 0 Å². The van der Waals surface area contributed by atoms with Crippen LogP contribution in [0, 0.1) is 17.0 Å². The average molecular weight is 363 g/mol. The van der Waals surface area contributed by atoms with Gasteiger partial charge in [0, 0.05) is 5.56 Å². The van der Waals surface area contributed by atoms with Crippen LogP contribution in [0.2, 0.25) is 0 Å². The standard InChI is InChI=1S/C15H10F5NO2S/c1-14(15(18,19)20)3-2-9-11(12(14)23)24-13(21-9)6-4-7(16)10(22)8(17)5-6/h4-5,22H,2-3H2,1H3. The van der Waals surface area contributed by atoms with Gasteiger partial charge in [-0.15, -0.1) is 11.3 Å². The number of Topliss-reactive ketones (excluding diaryl/α,β-unsaturated/α-hetero) is 1. The maximum Gasteiger partial charge on any atom is 0.401 e. The smallest absolute Gasteiger partial charge is 0.401 e. The summed E-state index contributed by atoms with van der Waals surface area (Å²) in [6.45, 7) is 0.845. The molecule has 1 aromatic heterocycles. The van der Waals surface area contributed by atoms with Gasteiger partial charge in [-0.1, -0.05) is 0 Å². The number of nitrogens with zero attached hydrogens (tertiary/aromatic N) is 1. The van der Waals surface area contributed by atoms with Crippen molar-refractivity contribution in [2.75, 3.05) is 0 Å². The van der Waals surface area contributed by atoms with E-state index in [1.54, 1.807) is 0 Å². The highest BCUT2D eigenvalue weighted by Gasteiger charge is 2.58. The second kappa shape index (κ2) is 5.23. The van der Waals surface area contributed by atoms with Crippen LogP contribution in [0.3, 0.4) is 0 Å². The van der Waals surface area contributed by atoms with Gasteiger partial charge >= 0.3 is 6.18 Å². The number of benzene rings is 1. The zero-order chi connectivity index (χ0) is 17.9.